The van der Waals surface area contributed by atoms with Crippen molar-refractivity contribution in [1.29, 1.82) is 0 Å². The highest BCUT2D eigenvalue weighted by atomic mass is 16.5. The van der Waals surface area contributed by atoms with Crippen molar-refractivity contribution < 1.29 is 9.53 Å². The molecule has 0 amide bonds. The Balaban J connectivity index is 1.51. The minimum atomic E-state index is 0.0916. The second-order valence-corrected chi connectivity index (χ2v) is 6.97. The largest absolute Gasteiger partial charge is 0.496 e. The molecule has 142 valence electrons. The molecule has 3 rings (SSSR count). The number of carbonyl (C=O) groups is 1. The van der Waals surface area contributed by atoms with Gasteiger partial charge in [0.15, 0.2) is 5.78 Å². The molecule has 0 atom stereocenters. The number of hydrogen-bond acceptors (Lipinski definition) is 4. The van der Waals surface area contributed by atoms with Crippen LogP contribution < -0.4 is 4.74 Å². The molecule has 0 aliphatic carbocycles. The van der Waals surface area contributed by atoms with Crippen molar-refractivity contribution in [2.75, 3.05) is 39.8 Å². The van der Waals surface area contributed by atoms with Crippen LogP contribution in [0.1, 0.15) is 28.4 Å². The summed E-state index contributed by atoms with van der Waals surface area (Å²) in [6, 6.07) is 16.1. The number of hydrogen-bond donors (Lipinski definition) is 0. The Kier molecular flexibility index (Phi) is 6.80. The lowest BCUT2D eigenvalue weighted by molar-refractivity contribution is 0.101. The molecule has 0 bridgehead atoms. The van der Waals surface area contributed by atoms with Crippen molar-refractivity contribution in [2.45, 2.75) is 13.5 Å². The molecule has 0 unspecified atom stereocenters. The van der Waals surface area contributed by atoms with Crippen LogP contribution in [-0.4, -0.2) is 55.4 Å². The van der Waals surface area contributed by atoms with Crippen LogP contribution in [0.5, 0.6) is 5.75 Å². The zero-order valence-corrected chi connectivity index (χ0v) is 16.2. The van der Waals surface area contributed by atoms with Gasteiger partial charge < -0.3 is 4.74 Å². The molecule has 4 heteroatoms. The van der Waals surface area contributed by atoms with E-state index in [1.807, 2.05) is 24.3 Å². The van der Waals surface area contributed by atoms with Crippen LogP contribution >= 0.6 is 0 Å². The average Bonchev–Trinajstić information content (AvgIpc) is 2.70. The first-order chi connectivity index (χ1) is 13.2. The van der Waals surface area contributed by atoms with Gasteiger partial charge in [-0.2, -0.15) is 0 Å². The van der Waals surface area contributed by atoms with Crippen LogP contribution in [0.25, 0.3) is 6.08 Å². The van der Waals surface area contributed by atoms with Crippen molar-refractivity contribution >= 4 is 11.9 Å². The normalized spacial score (nSPS) is 15.9. The van der Waals surface area contributed by atoms with E-state index in [9.17, 15) is 4.79 Å². The van der Waals surface area contributed by atoms with Crippen LogP contribution in [0, 0.1) is 0 Å². The number of piperazine rings is 1. The zero-order chi connectivity index (χ0) is 19.1. The molecule has 1 aliphatic rings. The predicted octanol–water partition coefficient (Wildman–Crippen LogP) is 3.73. The van der Waals surface area contributed by atoms with Gasteiger partial charge in [0, 0.05) is 50.4 Å². The number of methoxy groups -OCH3 is 1. The van der Waals surface area contributed by atoms with E-state index in [0.29, 0.717) is 0 Å². The van der Waals surface area contributed by atoms with Gasteiger partial charge in [-0.05, 0) is 30.7 Å². The Morgan fingerprint density at radius 3 is 2.41 bits per heavy atom. The molecule has 0 spiro atoms. The van der Waals surface area contributed by atoms with E-state index in [2.05, 4.69) is 46.2 Å². The third-order valence-electron chi connectivity index (χ3n) is 5.02. The third kappa shape index (κ3) is 5.52. The first-order valence-corrected chi connectivity index (χ1v) is 9.50. The van der Waals surface area contributed by atoms with Crippen LogP contribution in [0.15, 0.2) is 54.6 Å². The quantitative estimate of drug-likeness (QED) is 0.701. The summed E-state index contributed by atoms with van der Waals surface area (Å²) in [7, 11) is 1.68. The number of rotatable bonds is 7. The summed E-state index contributed by atoms with van der Waals surface area (Å²) in [6.07, 6.45) is 4.43. The molecular formula is C23H28N2O2. The topological polar surface area (TPSA) is 32.8 Å². The Hall–Kier alpha value is -2.43. The maximum absolute atomic E-state index is 11.7. The van der Waals surface area contributed by atoms with Gasteiger partial charge in [0.05, 0.1) is 7.11 Å². The predicted molar refractivity (Wildman–Crippen MR) is 110 cm³/mol. The molecule has 0 radical (unpaired) electrons. The highest BCUT2D eigenvalue weighted by Gasteiger charge is 2.18. The standard InChI is InChI=1S/C23H28N2O2/c1-19(26)21-10-11-23(27-2)22(17-21)18-25-15-13-24(14-16-25)12-6-9-20-7-4-3-5-8-20/h3-11,17H,12-16,18H2,1-2H3/b9-6+. The maximum atomic E-state index is 11.7. The monoisotopic (exact) mass is 364 g/mol. The summed E-state index contributed by atoms with van der Waals surface area (Å²) < 4.78 is 5.48. The fourth-order valence-electron chi connectivity index (χ4n) is 3.39. The molecule has 1 aliphatic heterocycles. The second-order valence-electron chi connectivity index (χ2n) is 6.97. The van der Waals surface area contributed by atoms with Crippen molar-refractivity contribution in [1.82, 2.24) is 9.80 Å². The van der Waals surface area contributed by atoms with Crippen LogP contribution in [0.2, 0.25) is 0 Å². The van der Waals surface area contributed by atoms with Gasteiger partial charge in [-0.25, -0.2) is 0 Å². The maximum Gasteiger partial charge on any atom is 0.159 e. The van der Waals surface area contributed by atoms with Gasteiger partial charge in [-0.1, -0.05) is 42.5 Å². The zero-order valence-electron chi connectivity index (χ0n) is 16.2. The number of benzene rings is 2. The van der Waals surface area contributed by atoms with E-state index in [1.54, 1.807) is 14.0 Å². The fourth-order valence-corrected chi connectivity index (χ4v) is 3.39. The van der Waals surface area contributed by atoms with E-state index in [1.165, 1.54) is 5.56 Å². The van der Waals surface area contributed by atoms with Crippen LogP contribution in [0.4, 0.5) is 0 Å². The molecule has 0 N–H and O–H groups in total. The lowest BCUT2D eigenvalue weighted by Gasteiger charge is -2.34. The van der Waals surface area contributed by atoms with Crippen LogP contribution in [-0.2, 0) is 6.54 Å². The van der Waals surface area contributed by atoms with E-state index in [4.69, 9.17) is 4.74 Å². The van der Waals surface area contributed by atoms with Gasteiger partial charge in [0.1, 0.15) is 5.75 Å². The smallest absolute Gasteiger partial charge is 0.159 e. The summed E-state index contributed by atoms with van der Waals surface area (Å²) in [5.41, 5.74) is 3.08. The molecule has 1 saturated heterocycles. The Morgan fingerprint density at radius 2 is 1.74 bits per heavy atom. The Morgan fingerprint density at radius 1 is 1.04 bits per heavy atom. The first-order valence-electron chi connectivity index (χ1n) is 9.50. The average molecular weight is 364 g/mol. The number of carbonyl (C=O) groups excluding carboxylic acids is 1. The number of Topliss-reactive ketones (excluding diaryl/α,β-unsaturated/α-hetero) is 1. The van der Waals surface area contributed by atoms with Crippen molar-refractivity contribution in [3.8, 4) is 5.75 Å². The van der Waals surface area contributed by atoms with E-state index in [0.717, 1.165) is 56.1 Å². The minimum Gasteiger partial charge on any atom is -0.496 e. The lowest BCUT2D eigenvalue weighted by atomic mass is 10.1. The molecule has 1 heterocycles. The van der Waals surface area contributed by atoms with E-state index < -0.39 is 0 Å². The van der Waals surface area contributed by atoms with Crippen molar-refractivity contribution in [3.63, 3.8) is 0 Å². The summed E-state index contributed by atoms with van der Waals surface area (Å²) in [6.45, 7) is 7.54. The number of ketones is 1. The van der Waals surface area contributed by atoms with Crippen LogP contribution in [0.3, 0.4) is 0 Å². The second kappa shape index (κ2) is 9.49. The summed E-state index contributed by atoms with van der Waals surface area (Å²) >= 11 is 0. The third-order valence-corrected chi connectivity index (χ3v) is 5.02. The van der Waals surface area contributed by atoms with E-state index in [-0.39, 0.29) is 5.78 Å². The first kappa shape index (κ1) is 19.3. The minimum absolute atomic E-state index is 0.0916. The molecule has 4 nitrogen and oxygen atoms in total. The fraction of sp³-hybridized carbons (Fsp3) is 0.348. The molecule has 0 aromatic heterocycles. The SMILES string of the molecule is COc1ccc(C(C)=O)cc1CN1CCN(C/C=C/c2ccccc2)CC1. The molecule has 27 heavy (non-hydrogen) atoms. The van der Waals surface area contributed by atoms with Crippen molar-refractivity contribution in [2.24, 2.45) is 0 Å². The molecular weight excluding hydrogens is 336 g/mol. The summed E-state index contributed by atoms with van der Waals surface area (Å²) in [4.78, 5) is 16.6. The molecule has 1 fully saturated rings. The van der Waals surface area contributed by atoms with Gasteiger partial charge in [0.25, 0.3) is 0 Å². The lowest BCUT2D eigenvalue weighted by Crippen LogP contribution is -2.45. The van der Waals surface area contributed by atoms with Gasteiger partial charge in [-0.15, -0.1) is 0 Å². The number of nitrogens with zero attached hydrogens (tertiary/aromatic N) is 2. The Labute approximate surface area is 162 Å². The van der Waals surface area contributed by atoms with E-state index >= 15 is 0 Å². The van der Waals surface area contributed by atoms with Crippen molar-refractivity contribution in [3.05, 3.63) is 71.3 Å². The highest BCUT2D eigenvalue weighted by molar-refractivity contribution is 5.94. The molecule has 0 saturated carbocycles. The highest BCUT2D eigenvalue weighted by Crippen LogP contribution is 2.22. The van der Waals surface area contributed by atoms with Gasteiger partial charge >= 0.3 is 0 Å². The molecule has 2 aromatic carbocycles. The number of ether oxygens (including phenoxy) is 1. The van der Waals surface area contributed by atoms with Gasteiger partial charge in [-0.3, -0.25) is 14.6 Å². The summed E-state index contributed by atoms with van der Waals surface area (Å²) in [5.74, 6) is 0.946. The van der Waals surface area contributed by atoms with Gasteiger partial charge in [0.2, 0.25) is 0 Å². The molecule has 2 aromatic rings. The Bertz CT molecular complexity index is 778. The summed E-state index contributed by atoms with van der Waals surface area (Å²) in [5, 5.41) is 0.